The van der Waals surface area contributed by atoms with Crippen molar-refractivity contribution >= 4 is 5.82 Å². The summed E-state index contributed by atoms with van der Waals surface area (Å²) in [6.45, 7) is 3.88. The van der Waals surface area contributed by atoms with E-state index in [1.807, 2.05) is 12.1 Å². The van der Waals surface area contributed by atoms with E-state index in [1.165, 1.54) is 11.0 Å². The van der Waals surface area contributed by atoms with Crippen LogP contribution in [0.15, 0.2) is 18.5 Å². The summed E-state index contributed by atoms with van der Waals surface area (Å²) in [6.07, 6.45) is 1.49. The van der Waals surface area contributed by atoms with Crippen molar-refractivity contribution in [2.45, 2.75) is 0 Å². The number of anilines is 1. The molecule has 0 bridgehead atoms. The van der Waals surface area contributed by atoms with Crippen molar-refractivity contribution in [1.82, 2.24) is 35.7 Å². The molecular weight excluding hydrogens is 220 g/mol. The number of tetrazole rings is 1. The Morgan fingerprint density at radius 2 is 1.82 bits per heavy atom. The number of aromatic nitrogens is 6. The Morgan fingerprint density at radius 3 is 2.47 bits per heavy atom. The summed E-state index contributed by atoms with van der Waals surface area (Å²) >= 11 is 0. The van der Waals surface area contributed by atoms with E-state index < -0.39 is 0 Å². The third kappa shape index (κ3) is 2.07. The highest BCUT2D eigenvalue weighted by Crippen LogP contribution is 2.11. The number of piperazine rings is 1. The van der Waals surface area contributed by atoms with Gasteiger partial charge in [0.1, 0.15) is 6.33 Å². The number of nitrogens with one attached hydrogen (secondary N) is 1. The second-order valence-corrected chi connectivity index (χ2v) is 3.74. The lowest BCUT2D eigenvalue weighted by Gasteiger charge is -2.27. The predicted octanol–water partition coefficient (Wildman–Crippen LogP) is -1.14. The van der Waals surface area contributed by atoms with E-state index in [9.17, 15) is 0 Å². The minimum Gasteiger partial charge on any atom is -0.353 e. The highest BCUT2D eigenvalue weighted by atomic mass is 15.5. The summed E-state index contributed by atoms with van der Waals surface area (Å²) < 4.78 is 1.48. The van der Waals surface area contributed by atoms with Crippen molar-refractivity contribution < 1.29 is 0 Å². The zero-order valence-corrected chi connectivity index (χ0v) is 9.19. The largest absolute Gasteiger partial charge is 0.353 e. The molecule has 0 aromatic carbocycles. The monoisotopic (exact) mass is 232 g/mol. The lowest BCUT2D eigenvalue weighted by atomic mass is 10.3. The van der Waals surface area contributed by atoms with Gasteiger partial charge in [-0.3, -0.25) is 0 Å². The van der Waals surface area contributed by atoms with Crippen molar-refractivity contribution in [3.05, 3.63) is 18.5 Å². The molecule has 1 aliphatic heterocycles. The van der Waals surface area contributed by atoms with Crippen LogP contribution in [0.3, 0.4) is 0 Å². The molecule has 1 saturated heterocycles. The molecule has 3 rings (SSSR count). The minimum absolute atomic E-state index is 0.619. The molecule has 8 nitrogen and oxygen atoms in total. The Bertz CT molecular complexity index is 458. The molecule has 0 aliphatic carbocycles. The fourth-order valence-electron chi connectivity index (χ4n) is 1.77. The molecule has 17 heavy (non-hydrogen) atoms. The van der Waals surface area contributed by atoms with Crippen LogP contribution in [0.2, 0.25) is 0 Å². The molecule has 0 spiro atoms. The lowest BCUT2D eigenvalue weighted by Crippen LogP contribution is -2.44. The molecule has 3 heterocycles. The quantitative estimate of drug-likeness (QED) is 0.700. The maximum atomic E-state index is 4.19. The average Bonchev–Trinajstić information content (AvgIpc) is 2.94. The van der Waals surface area contributed by atoms with Crippen LogP contribution in [0.25, 0.3) is 5.82 Å². The van der Waals surface area contributed by atoms with Gasteiger partial charge < -0.3 is 10.2 Å². The van der Waals surface area contributed by atoms with Crippen LogP contribution in [0.5, 0.6) is 0 Å². The summed E-state index contributed by atoms with van der Waals surface area (Å²) in [5, 5.41) is 22.5. The van der Waals surface area contributed by atoms with E-state index in [1.54, 1.807) is 0 Å². The predicted molar refractivity (Wildman–Crippen MR) is 59.8 cm³/mol. The van der Waals surface area contributed by atoms with Gasteiger partial charge in [0, 0.05) is 26.2 Å². The zero-order chi connectivity index (χ0) is 11.5. The van der Waals surface area contributed by atoms with E-state index in [4.69, 9.17) is 0 Å². The van der Waals surface area contributed by atoms with Crippen LogP contribution in [0, 0.1) is 0 Å². The molecule has 1 fully saturated rings. The van der Waals surface area contributed by atoms with Crippen molar-refractivity contribution in [3.63, 3.8) is 0 Å². The molecule has 88 valence electrons. The summed E-state index contributed by atoms with van der Waals surface area (Å²) in [4.78, 5) is 2.20. The Balaban J connectivity index is 1.80. The molecule has 2 aromatic rings. The second kappa shape index (κ2) is 4.42. The van der Waals surface area contributed by atoms with Gasteiger partial charge in [-0.1, -0.05) is 0 Å². The van der Waals surface area contributed by atoms with Crippen LogP contribution in [0.1, 0.15) is 0 Å². The number of rotatable bonds is 2. The van der Waals surface area contributed by atoms with Gasteiger partial charge in [-0.15, -0.1) is 15.3 Å². The Kier molecular flexibility index (Phi) is 2.62. The molecule has 1 aliphatic rings. The van der Waals surface area contributed by atoms with Crippen molar-refractivity contribution in [3.8, 4) is 5.82 Å². The summed E-state index contributed by atoms with van der Waals surface area (Å²) in [5.74, 6) is 1.51. The fourth-order valence-corrected chi connectivity index (χ4v) is 1.77. The lowest BCUT2D eigenvalue weighted by molar-refractivity contribution is 0.582. The van der Waals surface area contributed by atoms with E-state index >= 15 is 0 Å². The van der Waals surface area contributed by atoms with Gasteiger partial charge in [0.2, 0.25) is 0 Å². The summed E-state index contributed by atoms with van der Waals surface area (Å²) in [7, 11) is 0. The fraction of sp³-hybridized carbons (Fsp3) is 0.444. The van der Waals surface area contributed by atoms with Crippen molar-refractivity contribution in [1.29, 1.82) is 0 Å². The van der Waals surface area contributed by atoms with Crippen LogP contribution < -0.4 is 10.2 Å². The third-order valence-corrected chi connectivity index (χ3v) is 2.66. The molecule has 0 amide bonds. The molecular formula is C9H12N8. The van der Waals surface area contributed by atoms with Gasteiger partial charge in [-0.05, 0) is 22.6 Å². The Morgan fingerprint density at radius 1 is 1.06 bits per heavy atom. The first kappa shape index (κ1) is 10.1. The first-order valence-corrected chi connectivity index (χ1v) is 5.46. The number of hydrogen-bond donors (Lipinski definition) is 1. The Hall–Kier alpha value is -2.09. The van der Waals surface area contributed by atoms with Crippen LogP contribution in [0.4, 0.5) is 5.82 Å². The first-order valence-electron chi connectivity index (χ1n) is 5.46. The SMILES string of the molecule is c1cc(-n2cnnn2)nnc1N1CCNCC1. The maximum absolute atomic E-state index is 4.19. The van der Waals surface area contributed by atoms with Gasteiger partial charge in [0.05, 0.1) is 0 Å². The molecule has 0 atom stereocenters. The summed E-state index contributed by atoms with van der Waals surface area (Å²) in [6, 6.07) is 3.80. The average molecular weight is 232 g/mol. The Labute approximate surface area is 97.6 Å². The maximum Gasteiger partial charge on any atom is 0.179 e. The first-order chi connectivity index (χ1) is 8.43. The van der Waals surface area contributed by atoms with Crippen molar-refractivity contribution in [2.75, 3.05) is 31.1 Å². The van der Waals surface area contributed by atoms with Gasteiger partial charge in [-0.25, -0.2) is 0 Å². The number of nitrogens with zero attached hydrogens (tertiary/aromatic N) is 7. The molecule has 0 radical (unpaired) electrons. The van der Waals surface area contributed by atoms with Crippen LogP contribution in [-0.4, -0.2) is 56.6 Å². The minimum atomic E-state index is 0.619. The normalized spacial score (nSPS) is 16.1. The summed E-state index contributed by atoms with van der Waals surface area (Å²) in [5.41, 5.74) is 0. The van der Waals surface area contributed by atoms with Crippen LogP contribution >= 0.6 is 0 Å². The molecule has 8 heteroatoms. The van der Waals surface area contributed by atoms with Gasteiger partial charge in [0.25, 0.3) is 0 Å². The number of hydrogen-bond acceptors (Lipinski definition) is 7. The van der Waals surface area contributed by atoms with E-state index in [0.29, 0.717) is 5.82 Å². The van der Waals surface area contributed by atoms with E-state index in [0.717, 1.165) is 32.0 Å². The van der Waals surface area contributed by atoms with E-state index in [2.05, 4.69) is 35.9 Å². The smallest absolute Gasteiger partial charge is 0.179 e. The highest BCUT2D eigenvalue weighted by Gasteiger charge is 2.12. The second-order valence-electron chi connectivity index (χ2n) is 3.74. The molecule has 0 unspecified atom stereocenters. The molecule has 2 aromatic heterocycles. The van der Waals surface area contributed by atoms with Gasteiger partial charge in [-0.2, -0.15) is 4.68 Å². The van der Waals surface area contributed by atoms with Crippen LogP contribution in [-0.2, 0) is 0 Å². The van der Waals surface area contributed by atoms with Gasteiger partial charge >= 0.3 is 0 Å². The van der Waals surface area contributed by atoms with Crippen molar-refractivity contribution in [2.24, 2.45) is 0 Å². The highest BCUT2D eigenvalue weighted by molar-refractivity contribution is 5.39. The molecule has 0 saturated carbocycles. The topological polar surface area (TPSA) is 84.6 Å². The standard InChI is InChI=1S/C9H12N8/c1-2-9(17-7-11-14-15-17)13-12-8(1)16-5-3-10-4-6-16/h1-2,7,10H,3-6H2. The van der Waals surface area contributed by atoms with E-state index in [-0.39, 0.29) is 0 Å². The molecule has 1 N–H and O–H groups in total. The zero-order valence-electron chi connectivity index (χ0n) is 9.19. The third-order valence-electron chi connectivity index (χ3n) is 2.66. The van der Waals surface area contributed by atoms with Gasteiger partial charge in [0.15, 0.2) is 11.6 Å².